The average molecular weight is 416 g/mol. The largest absolute Gasteiger partial charge is 0.323 e. The predicted octanol–water partition coefficient (Wildman–Crippen LogP) is 4.71. The summed E-state index contributed by atoms with van der Waals surface area (Å²) in [5.41, 5.74) is 3.15. The second-order valence-corrected chi connectivity index (χ2v) is 6.53. The lowest BCUT2D eigenvalue weighted by molar-refractivity contribution is 1.12. The lowest BCUT2D eigenvalue weighted by Gasteiger charge is -2.14. The molecule has 0 fully saturated rings. The van der Waals surface area contributed by atoms with Gasteiger partial charge in [-0.15, -0.1) is 11.6 Å². The molecule has 0 aliphatic rings. The molecule has 0 aliphatic carbocycles. The average Bonchev–Trinajstić information content (AvgIpc) is 2.76. The van der Waals surface area contributed by atoms with Crippen LogP contribution in [0, 0.1) is 0 Å². The molecule has 2 N–H and O–H groups in total. The summed E-state index contributed by atoms with van der Waals surface area (Å²) in [4.78, 5) is 16.8. The number of hydrogen-bond acceptors (Lipinski definition) is 1. The van der Waals surface area contributed by atoms with E-state index in [0.717, 1.165) is 31.1 Å². The normalized spacial score (nSPS) is 12.8. The number of benzene rings is 2. The smallest absolute Gasteiger partial charge is 0.306 e. The maximum atomic E-state index is 11.3. The molecular weight excluding hydrogens is 407 g/mol. The molecule has 0 saturated carbocycles. The van der Waals surface area contributed by atoms with Crippen molar-refractivity contribution in [3.63, 3.8) is 0 Å². The third-order valence-electron chi connectivity index (χ3n) is 3.08. The van der Waals surface area contributed by atoms with Crippen molar-refractivity contribution in [2.75, 3.05) is 0 Å². The highest BCUT2D eigenvalue weighted by molar-refractivity contribution is 9.10. The second-order valence-electron chi connectivity index (χ2n) is 4.38. The minimum Gasteiger partial charge on any atom is -0.306 e. The van der Waals surface area contributed by atoms with E-state index in [0.29, 0.717) is 0 Å². The fourth-order valence-electron chi connectivity index (χ4n) is 2.12. The van der Waals surface area contributed by atoms with Gasteiger partial charge in [0.1, 0.15) is 0 Å². The van der Waals surface area contributed by atoms with Crippen molar-refractivity contribution >= 4 is 54.5 Å². The highest BCUT2D eigenvalue weighted by Gasteiger charge is 2.17. The summed E-state index contributed by atoms with van der Waals surface area (Å²) in [6, 6.07) is 11.6. The van der Waals surface area contributed by atoms with Crippen molar-refractivity contribution in [1.29, 1.82) is 0 Å². The molecule has 3 rings (SSSR count). The Hall–Kier alpha value is -1.04. The molecule has 0 amide bonds. The van der Waals surface area contributed by atoms with Crippen molar-refractivity contribution in [1.82, 2.24) is 9.97 Å². The van der Waals surface area contributed by atoms with Crippen molar-refractivity contribution < 1.29 is 0 Å². The molecule has 3 nitrogen and oxygen atoms in total. The van der Waals surface area contributed by atoms with Crippen molar-refractivity contribution in [2.45, 2.75) is 5.38 Å². The molecule has 6 heteroatoms. The van der Waals surface area contributed by atoms with E-state index in [4.69, 9.17) is 11.6 Å². The first-order valence-electron chi connectivity index (χ1n) is 5.86. The SMILES string of the molecule is O=c1[nH]c2cc(Br)c(C(Cl)c3ccccc3Br)cc2[nH]1. The standard InChI is InChI=1S/C14H9Br2ClN2O/c15-9-4-2-1-3-7(9)13(17)8-5-11-12(6-10(8)16)19-14(20)18-11/h1-6,13H,(H2,18,19,20). The number of rotatable bonds is 2. The molecule has 1 aromatic heterocycles. The quantitative estimate of drug-likeness (QED) is 0.584. The van der Waals surface area contributed by atoms with Crippen LogP contribution in [0.1, 0.15) is 16.5 Å². The number of fused-ring (bicyclic) bond motifs is 1. The van der Waals surface area contributed by atoms with Crippen molar-refractivity contribution in [2.24, 2.45) is 0 Å². The first-order valence-corrected chi connectivity index (χ1v) is 7.88. The Morgan fingerprint density at radius 2 is 1.60 bits per heavy atom. The van der Waals surface area contributed by atoms with E-state index < -0.39 is 0 Å². The van der Waals surface area contributed by atoms with Gasteiger partial charge >= 0.3 is 5.69 Å². The van der Waals surface area contributed by atoms with Crippen LogP contribution in [0.15, 0.2) is 50.1 Å². The Kier molecular flexibility index (Phi) is 3.75. The topological polar surface area (TPSA) is 48.6 Å². The Balaban J connectivity index is 2.16. The van der Waals surface area contributed by atoms with Gasteiger partial charge in [0.05, 0.1) is 16.4 Å². The Morgan fingerprint density at radius 3 is 2.30 bits per heavy atom. The number of hydrogen-bond donors (Lipinski definition) is 2. The zero-order chi connectivity index (χ0) is 14.3. The van der Waals surface area contributed by atoms with Crippen molar-refractivity contribution in [3.8, 4) is 0 Å². The summed E-state index contributed by atoms with van der Waals surface area (Å²) in [6.07, 6.45) is 0. The predicted molar refractivity (Wildman–Crippen MR) is 88.5 cm³/mol. The van der Waals surface area contributed by atoms with Crippen LogP contribution in [0.25, 0.3) is 11.0 Å². The van der Waals surface area contributed by atoms with Gasteiger partial charge in [-0.05, 0) is 29.3 Å². The Labute approximate surface area is 136 Å². The van der Waals surface area contributed by atoms with Crippen LogP contribution in [0.3, 0.4) is 0 Å². The highest BCUT2D eigenvalue weighted by atomic mass is 79.9. The van der Waals surface area contributed by atoms with Gasteiger partial charge in [-0.3, -0.25) is 0 Å². The molecule has 0 aliphatic heterocycles. The maximum absolute atomic E-state index is 11.3. The van der Waals surface area contributed by atoms with E-state index in [-0.39, 0.29) is 11.1 Å². The van der Waals surface area contributed by atoms with E-state index >= 15 is 0 Å². The molecular formula is C14H9Br2ClN2O. The number of nitrogens with one attached hydrogen (secondary N) is 2. The van der Waals surface area contributed by atoms with Gasteiger partial charge in [0.2, 0.25) is 0 Å². The first kappa shape index (κ1) is 13.9. The third kappa shape index (κ3) is 2.45. The van der Waals surface area contributed by atoms with E-state index in [1.165, 1.54) is 0 Å². The fourth-order valence-corrected chi connectivity index (χ4v) is 3.84. The molecule has 0 spiro atoms. The summed E-state index contributed by atoms with van der Waals surface area (Å²) in [5.74, 6) is 0. The number of H-pyrrole nitrogens is 2. The molecule has 1 unspecified atom stereocenters. The van der Waals surface area contributed by atoms with E-state index in [9.17, 15) is 4.79 Å². The number of halogens is 3. The summed E-state index contributed by atoms with van der Waals surface area (Å²) in [5, 5.41) is -0.317. The van der Waals surface area contributed by atoms with Gasteiger partial charge in [0.25, 0.3) is 0 Å². The van der Waals surface area contributed by atoms with Crippen LogP contribution in [0.2, 0.25) is 0 Å². The Bertz CT molecular complexity index is 841. The molecule has 0 saturated heterocycles. The fraction of sp³-hybridized carbons (Fsp3) is 0.0714. The summed E-state index contributed by atoms with van der Waals surface area (Å²) < 4.78 is 1.81. The van der Waals surface area contributed by atoms with Crippen molar-refractivity contribution in [3.05, 3.63) is 67.0 Å². The third-order valence-corrected chi connectivity index (χ3v) is 4.96. The second kappa shape index (κ2) is 5.39. The zero-order valence-electron chi connectivity index (χ0n) is 10.1. The molecule has 0 radical (unpaired) electrons. The van der Waals surface area contributed by atoms with E-state index in [1.807, 2.05) is 36.4 Å². The van der Waals surface area contributed by atoms with Crippen LogP contribution >= 0.6 is 43.5 Å². The van der Waals surface area contributed by atoms with Gasteiger partial charge in [0, 0.05) is 8.95 Å². The minimum absolute atomic E-state index is 0.226. The zero-order valence-corrected chi connectivity index (χ0v) is 14.0. The molecule has 0 bridgehead atoms. The van der Waals surface area contributed by atoms with Crippen LogP contribution in [0.5, 0.6) is 0 Å². The molecule has 102 valence electrons. The summed E-state index contributed by atoms with van der Waals surface area (Å²) >= 11 is 13.6. The number of imidazole rings is 1. The molecule has 1 heterocycles. The number of aromatic amines is 2. The maximum Gasteiger partial charge on any atom is 0.323 e. The van der Waals surface area contributed by atoms with Gasteiger partial charge in [-0.1, -0.05) is 50.1 Å². The van der Waals surface area contributed by atoms with Gasteiger partial charge < -0.3 is 9.97 Å². The summed E-state index contributed by atoms with van der Waals surface area (Å²) in [6.45, 7) is 0. The highest BCUT2D eigenvalue weighted by Crippen LogP contribution is 2.38. The monoisotopic (exact) mass is 414 g/mol. The van der Waals surface area contributed by atoms with Crippen LogP contribution in [0.4, 0.5) is 0 Å². The number of alkyl halides is 1. The van der Waals surface area contributed by atoms with E-state index in [1.54, 1.807) is 0 Å². The molecule has 2 aromatic carbocycles. The minimum atomic E-state index is -0.317. The Morgan fingerprint density at radius 1 is 0.950 bits per heavy atom. The lowest BCUT2D eigenvalue weighted by Crippen LogP contribution is -1.99. The molecule has 20 heavy (non-hydrogen) atoms. The van der Waals surface area contributed by atoms with Crippen LogP contribution in [-0.2, 0) is 0 Å². The van der Waals surface area contributed by atoms with Crippen LogP contribution in [-0.4, -0.2) is 9.97 Å². The van der Waals surface area contributed by atoms with Gasteiger partial charge in [0.15, 0.2) is 0 Å². The summed E-state index contributed by atoms with van der Waals surface area (Å²) in [7, 11) is 0. The van der Waals surface area contributed by atoms with Gasteiger partial charge in [-0.2, -0.15) is 0 Å². The van der Waals surface area contributed by atoms with Gasteiger partial charge in [-0.25, -0.2) is 4.79 Å². The lowest BCUT2D eigenvalue weighted by atomic mass is 10.0. The molecule has 3 aromatic rings. The molecule has 1 atom stereocenters. The first-order chi connectivity index (χ1) is 9.56. The van der Waals surface area contributed by atoms with E-state index in [2.05, 4.69) is 41.8 Å². The number of aromatic nitrogens is 2. The van der Waals surface area contributed by atoms with Crippen LogP contribution < -0.4 is 5.69 Å².